The molecule has 0 spiro atoms. The zero-order valence-electron chi connectivity index (χ0n) is 11.9. The van der Waals surface area contributed by atoms with Crippen molar-refractivity contribution in [2.75, 3.05) is 0 Å². The van der Waals surface area contributed by atoms with E-state index in [-0.39, 0.29) is 11.7 Å². The molecule has 1 aromatic rings. The molecule has 1 aromatic carbocycles. The number of benzene rings is 1. The Bertz CT molecular complexity index is 439. The summed E-state index contributed by atoms with van der Waals surface area (Å²) in [6, 6.07) is 9.54. The lowest BCUT2D eigenvalue weighted by molar-refractivity contribution is -0.122. The lowest BCUT2D eigenvalue weighted by Gasteiger charge is -2.31. The van der Waals surface area contributed by atoms with Gasteiger partial charge in [-0.1, -0.05) is 50.8 Å². The number of aliphatic hydroxyl groups excluding tert-OH is 1. The average molecular weight is 261 g/mol. The maximum absolute atomic E-state index is 12.1. The molecule has 0 bridgehead atoms. The van der Waals surface area contributed by atoms with Crippen LogP contribution in [0, 0.1) is 5.92 Å². The standard InChI is InChI=1S/C16H23NO2/c1-12(2)11-16(4,13(3)18)17-15(19)10-14-8-6-5-7-9-14/h5-9,12,18H,3,10-11H2,1-2,4H3,(H,17,19). The van der Waals surface area contributed by atoms with E-state index in [1.165, 1.54) is 0 Å². The molecule has 0 heterocycles. The molecule has 1 rings (SSSR count). The second-order valence-corrected chi connectivity index (χ2v) is 5.59. The predicted molar refractivity (Wildman–Crippen MR) is 77.9 cm³/mol. The third-order valence-corrected chi connectivity index (χ3v) is 3.08. The summed E-state index contributed by atoms with van der Waals surface area (Å²) in [5.74, 6) is 0.248. The van der Waals surface area contributed by atoms with Crippen LogP contribution in [0.4, 0.5) is 0 Å². The van der Waals surface area contributed by atoms with Crippen LogP contribution in [0.25, 0.3) is 0 Å². The van der Waals surface area contributed by atoms with Gasteiger partial charge in [-0.3, -0.25) is 4.79 Å². The molecule has 0 aliphatic carbocycles. The smallest absolute Gasteiger partial charge is 0.225 e. The van der Waals surface area contributed by atoms with Crippen molar-refractivity contribution in [3.8, 4) is 0 Å². The largest absolute Gasteiger partial charge is 0.510 e. The highest BCUT2D eigenvalue weighted by Gasteiger charge is 2.30. The second kappa shape index (κ2) is 6.41. The minimum Gasteiger partial charge on any atom is -0.510 e. The summed E-state index contributed by atoms with van der Waals surface area (Å²) in [6.45, 7) is 9.48. The van der Waals surface area contributed by atoms with Crippen molar-refractivity contribution >= 4 is 5.91 Å². The van der Waals surface area contributed by atoms with Crippen molar-refractivity contribution in [2.24, 2.45) is 5.92 Å². The lowest BCUT2D eigenvalue weighted by Crippen LogP contribution is -2.48. The van der Waals surface area contributed by atoms with E-state index in [2.05, 4.69) is 11.9 Å². The van der Waals surface area contributed by atoms with E-state index in [4.69, 9.17) is 0 Å². The lowest BCUT2D eigenvalue weighted by atomic mass is 9.89. The molecule has 0 radical (unpaired) electrons. The normalized spacial score (nSPS) is 13.9. The fraction of sp³-hybridized carbons (Fsp3) is 0.438. The molecule has 19 heavy (non-hydrogen) atoms. The highest BCUT2D eigenvalue weighted by molar-refractivity contribution is 5.79. The van der Waals surface area contributed by atoms with Crippen LogP contribution < -0.4 is 5.32 Å². The molecule has 1 unspecified atom stereocenters. The van der Waals surface area contributed by atoms with E-state index >= 15 is 0 Å². The number of rotatable bonds is 6. The van der Waals surface area contributed by atoms with Crippen molar-refractivity contribution < 1.29 is 9.90 Å². The summed E-state index contributed by atoms with van der Waals surface area (Å²) in [6.07, 6.45) is 0.963. The first kappa shape index (κ1) is 15.3. The van der Waals surface area contributed by atoms with Crippen molar-refractivity contribution in [3.63, 3.8) is 0 Å². The minimum atomic E-state index is -0.764. The van der Waals surface area contributed by atoms with E-state index in [1.54, 1.807) is 6.92 Å². The minimum absolute atomic E-state index is 0.00242. The van der Waals surface area contributed by atoms with Crippen molar-refractivity contribution in [2.45, 2.75) is 39.2 Å². The van der Waals surface area contributed by atoms with E-state index in [1.807, 2.05) is 44.2 Å². The fourth-order valence-corrected chi connectivity index (χ4v) is 2.19. The topological polar surface area (TPSA) is 49.3 Å². The SMILES string of the molecule is C=C(O)C(C)(CC(C)C)NC(=O)Cc1ccccc1. The van der Waals surface area contributed by atoms with Gasteiger partial charge in [0.25, 0.3) is 0 Å². The third-order valence-electron chi connectivity index (χ3n) is 3.08. The number of carbonyl (C=O) groups excluding carboxylic acids is 1. The molecule has 0 saturated carbocycles. The number of carbonyl (C=O) groups is 1. The molecule has 3 nitrogen and oxygen atoms in total. The predicted octanol–water partition coefficient (Wildman–Crippen LogP) is 3.22. The molecule has 1 amide bonds. The van der Waals surface area contributed by atoms with Gasteiger partial charge in [0.05, 0.1) is 12.0 Å². The summed E-state index contributed by atoms with van der Waals surface area (Å²) in [7, 11) is 0. The van der Waals surface area contributed by atoms with E-state index in [0.29, 0.717) is 18.8 Å². The molecule has 2 N–H and O–H groups in total. The monoisotopic (exact) mass is 261 g/mol. The van der Waals surface area contributed by atoms with Crippen LogP contribution in [-0.2, 0) is 11.2 Å². The maximum atomic E-state index is 12.1. The number of hydrogen-bond donors (Lipinski definition) is 2. The van der Waals surface area contributed by atoms with E-state index in [9.17, 15) is 9.90 Å². The Morgan fingerprint density at radius 3 is 2.42 bits per heavy atom. The van der Waals surface area contributed by atoms with Crippen molar-refractivity contribution in [1.29, 1.82) is 0 Å². The van der Waals surface area contributed by atoms with Gasteiger partial charge in [0.1, 0.15) is 5.76 Å². The molecule has 0 aromatic heterocycles. The molecular formula is C16H23NO2. The average Bonchev–Trinajstić information content (AvgIpc) is 2.28. The zero-order chi connectivity index (χ0) is 14.5. The molecule has 0 saturated heterocycles. The van der Waals surface area contributed by atoms with Gasteiger partial charge in [0.15, 0.2) is 0 Å². The molecule has 3 heteroatoms. The number of nitrogens with one attached hydrogen (secondary N) is 1. The Morgan fingerprint density at radius 1 is 1.37 bits per heavy atom. The Kier molecular flexibility index (Phi) is 5.16. The van der Waals surface area contributed by atoms with Gasteiger partial charge in [-0.05, 0) is 24.8 Å². The van der Waals surface area contributed by atoms with Gasteiger partial charge in [-0.2, -0.15) is 0 Å². The molecule has 104 valence electrons. The van der Waals surface area contributed by atoms with Crippen LogP contribution in [0.15, 0.2) is 42.7 Å². The van der Waals surface area contributed by atoms with Gasteiger partial charge in [0.2, 0.25) is 5.91 Å². The van der Waals surface area contributed by atoms with Crippen LogP contribution in [0.3, 0.4) is 0 Å². The number of amides is 1. The fourth-order valence-electron chi connectivity index (χ4n) is 2.19. The molecule has 1 atom stereocenters. The van der Waals surface area contributed by atoms with Crippen LogP contribution in [0.2, 0.25) is 0 Å². The van der Waals surface area contributed by atoms with Gasteiger partial charge in [0, 0.05) is 0 Å². The second-order valence-electron chi connectivity index (χ2n) is 5.59. The highest BCUT2D eigenvalue weighted by Crippen LogP contribution is 2.22. The van der Waals surface area contributed by atoms with Crippen LogP contribution in [0.1, 0.15) is 32.8 Å². The molecule has 0 aliphatic heterocycles. The molecule has 0 fully saturated rings. The first-order chi connectivity index (χ1) is 8.83. The van der Waals surface area contributed by atoms with Crippen molar-refractivity contribution in [3.05, 3.63) is 48.2 Å². The summed E-state index contributed by atoms with van der Waals surface area (Å²) in [5, 5.41) is 12.6. The van der Waals surface area contributed by atoms with E-state index in [0.717, 1.165) is 5.56 Å². The first-order valence-corrected chi connectivity index (χ1v) is 6.57. The number of hydrogen-bond acceptors (Lipinski definition) is 2. The van der Waals surface area contributed by atoms with Crippen LogP contribution in [0.5, 0.6) is 0 Å². The van der Waals surface area contributed by atoms with Gasteiger partial charge < -0.3 is 10.4 Å². The van der Waals surface area contributed by atoms with Crippen molar-refractivity contribution in [1.82, 2.24) is 5.32 Å². The Labute approximate surface area is 115 Å². The molecular weight excluding hydrogens is 238 g/mol. The summed E-state index contributed by atoms with van der Waals surface area (Å²) < 4.78 is 0. The van der Waals surface area contributed by atoms with Crippen LogP contribution >= 0.6 is 0 Å². The maximum Gasteiger partial charge on any atom is 0.225 e. The van der Waals surface area contributed by atoms with Gasteiger partial charge >= 0.3 is 0 Å². The molecule has 0 aliphatic rings. The first-order valence-electron chi connectivity index (χ1n) is 6.57. The Hall–Kier alpha value is -1.77. The third kappa shape index (κ3) is 4.78. The summed E-state index contributed by atoms with van der Waals surface area (Å²) in [4.78, 5) is 12.1. The Balaban J connectivity index is 2.69. The number of aliphatic hydroxyl groups is 1. The van der Waals surface area contributed by atoms with E-state index < -0.39 is 5.54 Å². The Morgan fingerprint density at radius 2 is 1.95 bits per heavy atom. The zero-order valence-corrected chi connectivity index (χ0v) is 11.9. The summed E-state index contributed by atoms with van der Waals surface area (Å²) >= 11 is 0. The van der Waals surface area contributed by atoms with Gasteiger partial charge in [-0.25, -0.2) is 0 Å². The van der Waals surface area contributed by atoms with Crippen LogP contribution in [-0.4, -0.2) is 16.6 Å². The summed E-state index contributed by atoms with van der Waals surface area (Å²) in [5.41, 5.74) is 0.190. The quantitative estimate of drug-likeness (QED) is 0.772. The van der Waals surface area contributed by atoms with Gasteiger partial charge in [-0.15, -0.1) is 0 Å². The highest BCUT2D eigenvalue weighted by atomic mass is 16.3.